The molecule has 0 amide bonds. The maximum Gasteiger partial charge on any atom is 0.176 e. The summed E-state index contributed by atoms with van der Waals surface area (Å²) in [6.07, 6.45) is 0. The molecule has 0 bridgehead atoms. The van der Waals surface area contributed by atoms with Crippen molar-refractivity contribution >= 4 is 11.3 Å². The van der Waals surface area contributed by atoms with Crippen molar-refractivity contribution in [1.82, 2.24) is 25.1 Å². The molecule has 6 heteroatoms. The van der Waals surface area contributed by atoms with Gasteiger partial charge in [-0.2, -0.15) is 0 Å². The number of fused-ring (bicyclic) bond motifs is 1. The second-order valence-corrected chi connectivity index (χ2v) is 4.83. The number of nitrogens with zero attached hydrogens (tertiary/aromatic N) is 4. The van der Waals surface area contributed by atoms with E-state index in [1.54, 1.807) is 11.3 Å². The van der Waals surface area contributed by atoms with Crippen LogP contribution in [0.1, 0.15) is 24.5 Å². The molecule has 5 nitrogen and oxygen atoms in total. The summed E-state index contributed by atoms with van der Waals surface area (Å²) < 4.78 is 2.20. The van der Waals surface area contributed by atoms with Crippen LogP contribution in [0.2, 0.25) is 0 Å². The Morgan fingerprint density at radius 3 is 3.12 bits per heavy atom. The van der Waals surface area contributed by atoms with Crippen molar-refractivity contribution in [3.63, 3.8) is 0 Å². The molecular formula is C10H13N5S. The molecule has 3 rings (SSSR count). The maximum absolute atomic E-state index is 4.29. The van der Waals surface area contributed by atoms with Crippen LogP contribution in [-0.4, -0.2) is 26.3 Å². The Hall–Kier alpha value is -1.27. The number of thiazole rings is 1. The predicted molar refractivity (Wildman–Crippen MR) is 62.3 cm³/mol. The standard InChI is InChI=1S/C10H13N5S/c1-6-8(16-5-12-6)10-14-13-9-7(2)11-3-4-15(9)10/h5,7,11H,3-4H2,1-2H3. The largest absolute Gasteiger partial charge is 0.308 e. The van der Waals surface area contributed by atoms with Gasteiger partial charge < -0.3 is 9.88 Å². The number of hydrogen-bond donors (Lipinski definition) is 1. The minimum absolute atomic E-state index is 0.281. The van der Waals surface area contributed by atoms with Gasteiger partial charge in [-0.1, -0.05) is 0 Å². The summed E-state index contributed by atoms with van der Waals surface area (Å²) in [4.78, 5) is 5.39. The number of aryl methyl sites for hydroxylation is 1. The lowest BCUT2D eigenvalue weighted by Gasteiger charge is -2.21. The smallest absolute Gasteiger partial charge is 0.176 e. The molecule has 3 heterocycles. The average Bonchev–Trinajstić information content (AvgIpc) is 2.84. The van der Waals surface area contributed by atoms with Gasteiger partial charge in [-0.05, 0) is 13.8 Å². The summed E-state index contributed by atoms with van der Waals surface area (Å²) in [5.74, 6) is 1.98. The topological polar surface area (TPSA) is 55.6 Å². The molecule has 0 spiro atoms. The summed E-state index contributed by atoms with van der Waals surface area (Å²) in [5, 5.41) is 11.9. The zero-order valence-corrected chi connectivity index (χ0v) is 10.1. The van der Waals surface area contributed by atoms with Gasteiger partial charge in [0.1, 0.15) is 5.82 Å². The van der Waals surface area contributed by atoms with Gasteiger partial charge in [0.05, 0.1) is 22.1 Å². The van der Waals surface area contributed by atoms with Gasteiger partial charge in [0.15, 0.2) is 5.82 Å². The molecule has 0 fully saturated rings. The number of aromatic nitrogens is 4. The fourth-order valence-electron chi connectivity index (χ4n) is 2.02. The van der Waals surface area contributed by atoms with Crippen molar-refractivity contribution in [2.24, 2.45) is 0 Å². The van der Waals surface area contributed by atoms with Gasteiger partial charge in [0.2, 0.25) is 0 Å². The normalized spacial score (nSPS) is 19.8. The Morgan fingerprint density at radius 1 is 1.50 bits per heavy atom. The summed E-state index contributed by atoms with van der Waals surface area (Å²) in [6, 6.07) is 0.281. The third kappa shape index (κ3) is 1.37. The summed E-state index contributed by atoms with van der Waals surface area (Å²) in [6.45, 7) is 6.03. The van der Waals surface area contributed by atoms with Crippen LogP contribution in [0.15, 0.2) is 5.51 Å². The van der Waals surface area contributed by atoms with E-state index in [1.807, 2.05) is 12.4 Å². The van der Waals surface area contributed by atoms with Gasteiger partial charge in [0.25, 0.3) is 0 Å². The third-order valence-electron chi connectivity index (χ3n) is 2.90. The van der Waals surface area contributed by atoms with Crippen molar-refractivity contribution in [3.8, 4) is 10.7 Å². The summed E-state index contributed by atoms with van der Waals surface area (Å²) in [7, 11) is 0. The van der Waals surface area contributed by atoms with Crippen LogP contribution in [0.4, 0.5) is 0 Å². The van der Waals surface area contributed by atoms with Gasteiger partial charge in [0, 0.05) is 13.1 Å². The van der Waals surface area contributed by atoms with Gasteiger partial charge >= 0.3 is 0 Å². The molecular weight excluding hydrogens is 222 g/mol. The Balaban J connectivity index is 2.13. The van der Waals surface area contributed by atoms with Crippen LogP contribution < -0.4 is 5.32 Å². The molecule has 16 heavy (non-hydrogen) atoms. The van der Waals surface area contributed by atoms with Crippen LogP contribution in [0.3, 0.4) is 0 Å². The number of hydrogen-bond acceptors (Lipinski definition) is 5. The maximum atomic E-state index is 4.29. The van der Waals surface area contributed by atoms with E-state index in [-0.39, 0.29) is 6.04 Å². The highest BCUT2D eigenvalue weighted by Gasteiger charge is 2.23. The first-order valence-corrected chi connectivity index (χ1v) is 6.22. The fourth-order valence-corrected chi connectivity index (χ4v) is 2.82. The highest BCUT2D eigenvalue weighted by atomic mass is 32.1. The van der Waals surface area contributed by atoms with Crippen LogP contribution >= 0.6 is 11.3 Å². The zero-order valence-electron chi connectivity index (χ0n) is 9.27. The van der Waals surface area contributed by atoms with Crippen LogP contribution in [0.5, 0.6) is 0 Å². The Kier molecular flexibility index (Phi) is 2.26. The average molecular weight is 235 g/mol. The number of rotatable bonds is 1. The molecule has 1 aliphatic rings. The first-order chi connectivity index (χ1) is 7.77. The van der Waals surface area contributed by atoms with Gasteiger partial charge in [-0.3, -0.25) is 0 Å². The first-order valence-electron chi connectivity index (χ1n) is 5.34. The van der Waals surface area contributed by atoms with E-state index in [0.29, 0.717) is 0 Å². The summed E-state index contributed by atoms with van der Waals surface area (Å²) in [5.41, 5.74) is 2.89. The van der Waals surface area contributed by atoms with Gasteiger partial charge in [-0.15, -0.1) is 21.5 Å². The molecule has 2 aromatic heterocycles. The second kappa shape index (κ2) is 3.64. The van der Waals surface area contributed by atoms with E-state index < -0.39 is 0 Å². The highest BCUT2D eigenvalue weighted by Crippen LogP contribution is 2.28. The monoisotopic (exact) mass is 235 g/mol. The zero-order chi connectivity index (χ0) is 11.1. The number of nitrogens with one attached hydrogen (secondary N) is 1. The highest BCUT2D eigenvalue weighted by molar-refractivity contribution is 7.13. The first kappa shape index (κ1) is 9.92. The minimum Gasteiger partial charge on any atom is -0.308 e. The van der Waals surface area contributed by atoms with Crippen LogP contribution in [0.25, 0.3) is 10.7 Å². The molecule has 0 saturated carbocycles. The molecule has 84 valence electrons. The van der Waals surface area contributed by atoms with Crippen molar-refractivity contribution < 1.29 is 0 Å². The van der Waals surface area contributed by atoms with Crippen molar-refractivity contribution in [2.45, 2.75) is 26.4 Å². The van der Waals surface area contributed by atoms with Crippen molar-refractivity contribution in [2.75, 3.05) is 6.54 Å². The molecule has 1 unspecified atom stereocenters. The molecule has 1 atom stereocenters. The van der Waals surface area contributed by atoms with Crippen LogP contribution in [0, 0.1) is 6.92 Å². The molecule has 0 radical (unpaired) electrons. The minimum atomic E-state index is 0.281. The fraction of sp³-hybridized carbons (Fsp3) is 0.500. The quantitative estimate of drug-likeness (QED) is 0.811. The molecule has 0 saturated heterocycles. The molecule has 0 aromatic carbocycles. The molecule has 0 aliphatic carbocycles. The lowest BCUT2D eigenvalue weighted by molar-refractivity contribution is 0.439. The summed E-state index contributed by atoms with van der Waals surface area (Å²) >= 11 is 1.63. The third-order valence-corrected chi connectivity index (χ3v) is 3.83. The van der Waals surface area contributed by atoms with E-state index in [0.717, 1.165) is 35.3 Å². The van der Waals surface area contributed by atoms with Crippen molar-refractivity contribution in [3.05, 3.63) is 17.0 Å². The SMILES string of the molecule is Cc1ncsc1-c1nnc2n1CCNC2C. The van der Waals surface area contributed by atoms with E-state index in [1.165, 1.54) is 0 Å². The van der Waals surface area contributed by atoms with E-state index in [4.69, 9.17) is 0 Å². The Labute approximate surface area is 97.5 Å². The second-order valence-electron chi connectivity index (χ2n) is 3.98. The lowest BCUT2D eigenvalue weighted by atomic mass is 10.2. The van der Waals surface area contributed by atoms with Crippen molar-refractivity contribution in [1.29, 1.82) is 0 Å². The Morgan fingerprint density at radius 2 is 2.38 bits per heavy atom. The van der Waals surface area contributed by atoms with E-state index >= 15 is 0 Å². The van der Waals surface area contributed by atoms with E-state index in [2.05, 4.69) is 32.0 Å². The van der Waals surface area contributed by atoms with Gasteiger partial charge in [-0.25, -0.2) is 4.98 Å². The Bertz CT molecular complexity index is 515. The predicted octanol–water partition coefficient (Wildman–Crippen LogP) is 1.37. The van der Waals surface area contributed by atoms with Crippen LogP contribution in [-0.2, 0) is 6.54 Å². The molecule has 1 N–H and O–H groups in total. The molecule has 2 aromatic rings. The van der Waals surface area contributed by atoms with E-state index in [9.17, 15) is 0 Å². The molecule has 1 aliphatic heterocycles. The lowest BCUT2D eigenvalue weighted by Crippen LogP contribution is -2.32.